The first-order chi connectivity index (χ1) is 16.6. The van der Waals surface area contributed by atoms with Crippen molar-refractivity contribution in [3.05, 3.63) is 0 Å². The highest BCUT2D eigenvalue weighted by molar-refractivity contribution is 5.87. The number of nitrogens with zero attached hydrogens (tertiary/aromatic N) is 1. The SMILES string of the molecule is CC(=O)CNC(=O)C(C(C)C)N(C)CCCCCCC(=O)NCC(C)(C)OCC(C)(C)CNC(C)=O. The maximum atomic E-state index is 12.4. The van der Waals surface area contributed by atoms with E-state index in [0.717, 1.165) is 32.2 Å². The predicted octanol–water partition coefficient (Wildman–Crippen LogP) is 2.67. The van der Waals surface area contributed by atoms with Gasteiger partial charge in [-0.25, -0.2) is 0 Å². The van der Waals surface area contributed by atoms with Crippen LogP contribution in [0.2, 0.25) is 0 Å². The molecule has 0 aliphatic carbocycles. The van der Waals surface area contributed by atoms with Crippen LogP contribution in [-0.4, -0.2) is 79.9 Å². The predicted molar refractivity (Wildman–Crippen MR) is 144 cm³/mol. The van der Waals surface area contributed by atoms with E-state index in [1.54, 1.807) is 0 Å². The Labute approximate surface area is 218 Å². The Bertz CT molecular complexity index is 706. The fourth-order valence-corrected chi connectivity index (χ4v) is 3.72. The van der Waals surface area contributed by atoms with Gasteiger partial charge >= 0.3 is 0 Å². The van der Waals surface area contributed by atoms with E-state index in [0.29, 0.717) is 26.1 Å². The van der Waals surface area contributed by atoms with Crippen LogP contribution in [0.25, 0.3) is 0 Å². The molecule has 1 unspecified atom stereocenters. The van der Waals surface area contributed by atoms with Crippen LogP contribution in [0.4, 0.5) is 0 Å². The van der Waals surface area contributed by atoms with Gasteiger partial charge in [-0.3, -0.25) is 24.1 Å². The number of amides is 3. The van der Waals surface area contributed by atoms with Crippen LogP contribution in [0.15, 0.2) is 0 Å². The molecule has 0 bridgehead atoms. The van der Waals surface area contributed by atoms with Crippen LogP contribution in [0, 0.1) is 11.3 Å². The van der Waals surface area contributed by atoms with Crippen LogP contribution >= 0.6 is 0 Å². The van der Waals surface area contributed by atoms with Crippen molar-refractivity contribution in [2.45, 2.75) is 99.1 Å². The highest BCUT2D eigenvalue weighted by atomic mass is 16.5. The summed E-state index contributed by atoms with van der Waals surface area (Å²) >= 11 is 0. The number of carbonyl (C=O) groups is 4. The van der Waals surface area contributed by atoms with Crippen molar-refractivity contribution in [2.75, 3.05) is 39.8 Å². The second kappa shape index (κ2) is 16.7. The number of nitrogens with one attached hydrogen (secondary N) is 3. The molecule has 9 nitrogen and oxygen atoms in total. The van der Waals surface area contributed by atoms with Gasteiger partial charge in [-0.2, -0.15) is 0 Å². The molecule has 0 aromatic heterocycles. The molecule has 0 aromatic rings. The van der Waals surface area contributed by atoms with Gasteiger partial charge in [-0.05, 0) is 53.1 Å². The number of likely N-dealkylation sites (N-methyl/N-ethyl adjacent to an activating group) is 1. The van der Waals surface area contributed by atoms with Gasteiger partial charge < -0.3 is 20.7 Å². The highest BCUT2D eigenvalue weighted by Crippen LogP contribution is 2.19. The van der Waals surface area contributed by atoms with Gasteiger partial charge in [0, 0.05) is 31.8 Å². The lowest BCUT2D eigenvalue weighted by Gasteiger charge is -2.32. The Kier molecular flexibility index (Phi) is 15.8. The molecule has 0 spiro atoms. The molecule has 0 aliphatic rings. The maximum Gasteiger partial charge on any atom is 0.237 e. The monoisotopic (exact) mass is 512 g/mol. The zero-order valence-corrected chi connectivity index (χ0v) is 24.2. The van der Waals surface area contributed by atoms with Crippen LogP contribution in [0.3, 0.4) is 0 Å². The summed E-state index contributed by atoms with van der Waals surface area (Å²) in [5.74, 6) is -0.0701. The smallest absolute Gasteiger partial charge is 0.237 e. The van der Waals surface area contributed by atoms with Gasteiger partial charge in [-0.15, -0.1) is 0 Å². The second-order valence-electron chi connectivity index (χ2n) is 11.7. The molecule has 3 N–H and O–H groups in total. The third-order valence-corrected chi connectivity index (χ3v) is 5.93. The Morgan fingerprint density at radius 3 is 2.03 bits per heavy atom. The molecule has 0 aliphatic heterocycles. The summed E-state index contributed by atoms with van der Waals surface area (Å²) in [7, 11) is 1.94. The number of hydrogen-bond donors (Lipinski definition) is 3. The molecule has 3 amide bonds. The Balaban J connectivity index is 4.18. The Hall–Kier alpha value is -2.00. The number of carbonyl (C=O) groups excluding carboxylic acids is 4. The summed E-state index contributed by atoms with van der Waals surface area (Å²) < 4.78 is 6.02. The lowest BCUT2D eigenvalue weighted by Crippen LogP contribution is -2.49. The number of unbranched alkanes of at least 4 members (excludes halogenated alkanes) is 3. The summed E-state index contributed by atoms with van der Waals surface area (Å²) in [5, 5.41) is 8.50. The molecule has 0 aromatic carbocycles. The first kappa shape index (κ1) is 34.0. The summed E-state index contributed by atoms with van der Waals surface area (Å²) in [6.07, 6.45) is 4.16. The minimum atomic E-state index is -0.503. The van der Waals surface area contributed by atoms with Crippen molar-refractivity contribution in [3.8, 4) is 0 Å². The quantitative estimate of drug-likeness (QED) is 0.229. The molecule has 0 radical (unpaired) electrons. The normalized spacial score (nSPS) is 13.0. The molecule has 0 rings (SSSR count). The van der Waals surface area contributed by atoms with Gasteiger partial charge in [0.25, 0.3) is 0 Å². The first-order valence-corrected chi connectivity index (χ1v) is 13.2. The molecule has 36 heavy (non-hydrogen) atoms. The van der Waals surface area contributed by atoms with E-state index in [-0.39, 0.29) is 47.4 Å². The average Bonchev–Trinajstić information content (AvgIpc) is 2.76. The minimum Gasteiger partial charge on any atom is -0.373 e. The summed E-state index contributed by atoms with van der Waals surface area (Å²) in [4.78, 5) is 49.0. The second-order valence-corrected chi connectivity index (χ2v) is 11.7. The Morgan fingerprint density at radius 2 is 1.47 bits per heavy atom. The van der Waals surface area contributed by atoms with E-state index in [1.165, 1.54) is 13.8 Å². The van der Waals surface area contributed by atoms with Crippen molar-refractivity contribution in [1.82, 2.24) is 20.9 Å². The summed E-state index contributed by atoms with van der Waals surface area (Å²) in [6.45, 7) is 17.2. The van der Waals surface area contributed by atoms with Crippen LogP contribution in [0.1, 0.15) is 87.5 Å². The van der Waals surface area contributed by atoms with Gasteiger partial charge in [0.1, 0.15) is 5.78 Å². The zero-order valence-electron chi connectivity index (χ0n) is 24.2. The van der Waals surface area contributed by atoms with E-state index in [4.69, 9.17) is 4.74 Å². The van der Waals surface area contributed by atoms with E-state index < -0.39 is 5.60 Å². The van der Waals surface area contributed by atoms with Crippen LogP contribution < -0.4 is 16.0 Å². The van der Waals surface area contributed by atoms with Gasteiger partial charge in [0.15, 0.2) is 0 Å². The highest BCUT2D eigenvalue weighted by Gasteiger charge is 2.27. The lowest BCUT2D eigenvalue weighted by molar-refractivity contribution is -0.129. The molecule has 9 heteroatoms. The van der Waals surface area contributed by atoms with Crippen molar-refractivity contribution >= 4 is 23.5 Å². The van der Waals surface area contributed by atoms with E-state index in [2.05, 4.69) is 16.0 Å². The molecule has 0 saturated carbocycles. The van der Waals surface area contributed by atoms with Crippen LogP contribution in [0.5, 0.6) is 0 Å². The third kappa shape index (κ3) is 16.6. The van der Waals surface area contributed by atoms with Gasteiger partial charge in [0.2, 0.25) is 17.7 Å². The third-order valence-electron chi connectivity index (χ3n) is 5.93. The number of hydrogen-bond acceptors (Lipinski definition) is 6. The van der Waals surface area contributed by atoms with Crippen molar-refractivity contribution in [2.24, 2.45) is 11.3 Å². The minimum absolute atomic E-state index is 0.0170. The number of rotatable bonds is 19. The van der Waals surface area contributed by atoms with Gasteiger partial charge in [-0.1, -0.05) is 40.5 Å². The van der Waals surface area contributed by atoms with E-state index >= 15 is 0 Å². The fraction of sp³-hybridized carbons (Fsp3) is 0.852. The summed E-state index contributed by atoms with van der Waals surface area (Å²) in [6, 6.07) is -0.267. The summed E-state index contributed by atoms with van der Waals surface area (Å²) in [5.41, 5.74) is -0.702. The van der Waals surface area contributed by atoms with Crippen molar-refractivity contribution in [3.63, 3.8) is 0 Å². The zero-order chi connectivity index (χ0) is 27.9. The standard InChI is InChI=1S/C27H52N4O5/c1-20(2)24(25(35)28-16-21(3)32)31(9)15-13-11-10-12-14-23(34)30-18-27(7,8)36-19-26(5,6)17-29-22(4)33/h20,24H,10-19H2,1-9H3,(H,28,35)(H,29,33)(H,30,34). The molecular weight excluding hydrogens is 460 g/mol. The number of ketones is 1. The molecule has 0 fully saturated rings. The van der Waals surface area contributed by atoms with E-state index in [1.807, 2.05) is 53.5 Å². The molecule has 0 heterocycles. The fourth-order valence-electron chi connectivity index (χ4n) is 3.72. The molecule has 1 atom stereocenters. The molecule has 0 saturated heterocycles. The Morgan fingerprint density at radius 1 is 0.861 bits per heavy atom. The van der Waals surface area contributed by atoms with Crippen LogP contribution in [-0.2, 0) is 23.9 Å². The van der Waals surface area contributed by atoms with Crippen molar-refractivity contribution < 1.29 is 23.9 Å². The number of ether oxygens (including phenoxy) is 1. The number of Topliss-reactive ketones (excluding diaryl/α,β-unsaturated/α-hetero) is 1. The molecular formula is C27H52N4O5. The largest absolute Gasteiger partial charge is 0.373 e. The first-order valence-electron chi connectivity index (χ1n) is 13.2. The topological polar surface area (TPSA) is 117 Å². The van der Waals surface area contributed by atoms with Crippen molar-refractivity contribution in [1.29, 1.82) is 0 Å². The average molecular weight is 513 g/mol. The lowest BCUT2D eigenvalue weighted by atomic mass is 9.94. The molecule has 210 valence electrons. The van der Waals surface area contributed by atoms with E-state index in [9.17, 15) is 19.2 Å². The van der Waals surface area contributed by atoms with Gasteiger partial charge in [0.05, 0.1) is 24.8 Å². The maximum absolute atomic E-state index is 12.4.